The molecule has 0 radical (unpaired) electrons. The summed E-state index contributed by atoms with van der Waals surface area (Å²) in [4.78, 5) is 22.1. The molecule has 2 aromatic rings. The monoisotopic (exact) mass is 444 g/mol. The Morgan fingerprint density at radius 2 is 2.13 bits per heavy atom. The van der Waals surface area contributed by atoms with Crippen molar-refractivity contribution in [3.8, 4) is 0 Å². The zero-order chi connectivity index (χ0) is 29.2. The van der Waals surface area contributed by atoms with Gasteiger partial charge in [-0.05, 0) is 51.9 Å². The van der Waals surface area contributed by atoms with Gasteiger partial charge in [0.15, 0.2) is 0 Å². The molecule has 0 bridgehead atoms. The van der Waals surface area contributed by atoms with Gasteiger partial charge in [-0.25, -0.2) is 17.7 Å². The van der Waals surface area contributed by atoms with Crippen molar-refractivity contribution in [3.05, 3.63) is 28.2 Å². The Morgan fingerprint density at radius 3 is 2.83 bits per heavy atom. The predicted molar refractivity (Wildman–Crippen MR) is 115 cm³/mol. The number of sulfonamides is 1. The number of rotatable bonds is 4. The molecule has 9 nitrogen and oxygen atoms in total. The van der Waals surface area contributed by atoms with E-state index in [1.807, 2.05) is 0 Å². The molecule has 10 heteroatoms. The molecule has 1 saturated carbocycles. The fraction of sp³-hybridized carbons (Fsp3) is 0.650. The third kappa shape index (κ3) is 3.95. The van der Waals surface area contributed by atoms with Gasteiger partial charge in [0, 0.05) is 48.6 Å². The van der Waals surface area contributed by atoms with Crippen LogP contribution in [0.4, 0.5) is 5.95 Å². The van der Waals surface area contributed by atoms with E-state index in [4.69, 9.17) is 12.3 Å². The molecule has 1 aliphatic carbocycles. The van der Waals surface area contributed by atoms with Crippen molar-refractivity contribution >= 4 is 27.0 Å². The predicted octanol–water partition coefficient (Wildman–Crippen LogP) is 1.41. The number of pyridine rings is 1. The van der Waals surface area contributed by atoms with Crippen LogP contribution in [-0.2, 0) is 10.0 Å². The van der Waals surface area contributed by atoms with Gasteiger partial charge in [-0.1, -0.05) is 0 Å². The normalized spacial score (nSPS) is 32.0. The fourth-order valence-corrected chi connectivity index (χ4v) is 4.91. The number of aromatic nitrogens is 3. The van der Waals surface area contributed by atoms with E-state index in [1.54, 1.807) is 0 Å². The Kier molecular flexibility index (Phi) is 3.22. The van der Waals surface area contributed by atoms with Crippen LogP contribution in [0.2, 0.25) is 0 Å². The molecule has 2 aliphatic rings. The van der Waals surface area contributed by atoms with E-state index >= 15 is 0 Å². The van der Waals surface area contributed by atoms with Crippen molar-refractivity contribution in [2.45, 2.75) is 63.5 Å². The number of aryl methyl sites for hydroxylation is 1. The van der Waals surface area contributed by atoms with Crippen LogP contribution in [0.1, 0.15) is 62.9 Å². The van der Waals surface area contributed by atoms with Crippen molar-refractivity contribution < 1.29 is 25.9 Å². The maximum atomic E-state index is 13.5. The molecular formula is C20H29N5O4S. The van der Waals surface area contributed by atoms with Crippen molar-refractivity contribution in [2.75, 3.05) is 24.6 Å². The first-order chi connectivity index (χ1) is 17.8. The van der Waals surface area contributed by atoms with Crippen molar-refractivity contribution in [1.82, 2.24) is 18.8 Å². The lowest BCUT2D eigenvalue weighted by atomic mass is 9.99. The third-order valence-electron chi connectivity index (χ3n) is 5.80. The first-order valence-electron chi connectivity index (χ1n) is 14.2. The summed E-state index contributed by atoms with van der Waals surface area (Å²) in [5, 5.41) is 14.4. The van der Waals surface area contributed by atoms with Gasteiger partial charge in [-0.3, -0.25) is 9.36 Å². The van der Waals surface area contributed by atoms with E-state index < -0.39 is 52.7 Å². The van der Waals surface area contributed by atoms with Gasteiger partial charge in [0.25, 0.3) is 5.56 Å². The fourth-order valence-electron chi connectivity index (χ4n) is 4.21. The van der Waals surface area contributed by atoms with Gasteiger partial charge in [0.1, 0.15) is 5.65 Å². The number of hydrogen-bond donors (Lipinski definition) is 2. The van der Waals surface area contributed by atoms with E-state index in [-0.39, 0.29) is 61.8 Å². The molecule has 2 unspecified atom stereocenters. The maximum Gasteiger partial charge on any atom is 0.255 e. The number of anilines is 1. The molecule has 30 heavy (non-hydrogen) atoms. The number of nitrogens with zero attached hydrogens (tertiary/aromatic N) is 4. The van der Waals surface area contributed by atoms with Gasteiger partial charge >= 0.3 is 0 Å². The number of fused-ring (bicyclic) bond motifs is 1. The summed E-state index contributed by atoms with van der Waals surface area (Å²) in [6.07, 6.45) is -1.12. The average Bonchev–Trinajstić information content (AvgIpc) is 3.20. The summed E-state index contributed by atoms with van der Waals surface area (Å²) < 4.78 is 95.2. The minimum Gasteiger partial charge on any atom is -0.388 e. The largest absolute Gasteiger partial charge is 0.388 e. The lowest BCUT2D eigenvalue weighted by Crippen LogP contribution is -2.42. The van der Waals surface area contributed by atoms with Crippen molar-refractivity contribution in [3.63, 3.8) is 0 Å². The van der Waals surface area contributed by atoms with Gasteiger partial charge in [0.2, 0.25) is 16.0 Å². The second-order valence-electron chi connectivity index (χ2n) is 7.86. The van der Waals surface area contributed by atoms with Crippen LogP contribution in [0.15, 0.2) is 17.1 Å². The summed E-state index contributed by atoms with van der Waals surface area (Å²) >= 11 is 0. The molecule has 2 N–H and O–H groups in total. The quantitative estimate of drug-likeness (QED) is 0.732. The molecule has 164 valence electrons. The molecule has 2 atom stereocenters. The van der Waals surface area contributed by atoms with Crippen LogP contribution in [0.25, 0.3) is 11.0 Å². The zero-order valence-corrected chi connectivity index (χ0v) is 16.9. The highest BCUT2D eigenvalue weighted by molar-refractivity contribution is 7.88. The Morgan fingerprint density at radius 1 is 1.33 bits per heavy atom. The molecule has 1 saturated heterocycles. The van der Waals surface area contributed by atoms with E-state index in [9.17, 15) is 18.3 Å². The van der Waals surface area contributed by atoms with Gasteiger partial charge in [0.05, 0.1) is 17.8 Å². The summed E-state index contributed by atoms with van der Waals surface area (Å²) in [5.74, 6) is 0.0184. The molecule has 4 rings (SSSR count). The highest BCUT2D eigenvalue weighted by Crippen LogP contribution is 2.39. The van der Waals surface area contributed by atoms with Crippen LogP contribution in [0.5, 0.6) is 0 Å². The first kappa shape index (κ1) is 12.7. The SMILES string of the molecule is [2H]C([2H])([2H])c1cc2cnc(NC3CCN(S(=O)(=O)C([2H])([2H])[2H])CC3)nc2n(C2CCCC2(O)C([2H])([2H])[2H])c1=O. The molecule has 3 heterocycles. The minimum absolute atomic E-state index is 0.0184. The first-order valence-corrected chi connectivity index (χ1v) is 11.1. The zero-order valence-electron chi connectivity index (χ0n) is 25.1. The molecule has 2 aromatic heterocycles. The summed E-state index contributed by atoms with van der Waals surface area (Å²) in [6.45, 7) is -5.77. The highest BCUT2D eigenvalue weighted by Gasteiger charge is 2.39. The average molecular weight is 445 g/mol. The molecule has 0 amide bonds. The van der Waals surface area contributed by atoms with Gasteiger partial charge in [-0.2, -0.15) is 4.98 Å². The van der Waals surface area contributed by atoms with E-state index in [0.717, 1.165) is 14.9 Å². The molecule has 0 spiro atoms. The maximum absolute atomic E-state index is 13.5. The second kappa shape index (κ2) is 7.58. The second-order valence-corrected chi connectivity index (χ2v) is 9.33. The van der Waals surface area contributed by atoms with Gasteiger partial charge < -0.3 is 10.4 Å². The number of aliphatic hydroxyl groups is 1. The highest BCUT2D eigenvalue weighted by atomic mass is 32.2. The van der Waals surface area contributed by atoms with Gasteiger partial charge in [-0.15, -0.1) is 0 Å². The summed E-state index contributed by atoms with van der Waals surface area (Å²) in [5.41, 5.74) is -3.87. The number of hydrogen-bond acceptors (Lipinski definition) is 7. The van der Waals surface area contributed by atoms with E-state index in [1.165, 1.54) is 6.20 Å². The van der Waals surface area contributed by atoms with E-state index in [0.29, 0.717) is 6.42 Å². The van der Waals surface area contributed by atoms with Crippen LogP contribution < -0.4 is 10.9 Å². The van der Waals surface area contributed by atoms with Crippen LogP contribution in [0.3, 0.4) is 0 Å². The lowest BCUT2D eigenvalue weighted by Gasteiger charge is -2.31. The number of nitrogens with one attached hydrogen (secondary N) is 1. The minimum atomic E-state index is -4.46. The van der Waals surface area contributed by atoms with Crippen molar-refractivity contribution in [2.24, 2.45) is 0 Å². The molecule has 2 fully saturated rings. The lowest BCUT2D eigenvalue weighted by molar-refractivity contribution is 0.0266. The third-order valence-corrected chi connectivity index (χ3v) is 6.84. The van der Waals surface area contributed by atoms with Crippen molar-refractivity contribution in [1.29, 1.82) is 0 Å². The topological polar surface area (TPSA) is 117 Å². The van der Waals surface area contributed by atoms with E-state index in [2.05, 4.69) is 15.3 Å². The van der Waals surface area contributed by atoms with Crippen LogP contribution >= 0.6 is 0 Å². The summed E-state index contributed by atoms with van der Waals surface area (Å²) in [7, 11) is -4.46. The number of piperidine rings is 1. The molecular weight excluding hydrogens is 406 g/mol. The standard InChI is InChI=1S/C20H29N5O4S/c1-13-11-14-12-21-19(22-15-6-9-24(10-7-15)30(3,28)29)23-17(14)25(18(13)26)16-5-4-8-20(16,2)27/h11-12,15-16,27H,4-10H2,1-3H3,(H,21,22,23)/i1D3,2D3,3D3. The molecule has 0 aromatic carbocycles. The van der Waals surface area contributed by atoms with Crippen LogP contribution in [-0.4, -0.2) is 63.3 Å². The van der Waals surface area contributed by atoms with Crippen LogP contribution in [0, 0.1) is 6.85 Å². The summed E-state index contributed by atoms with van der Waals surface area (Å²) in [6, 6.07) is -0.483. The Hall–Kier alpha value is -2.04. The Bertz CT molecular complexity index is 1420. The Balaban J connectivity index is 1.72. The molecule has 1 aliphatic heterocycles. The smallest absolute Gasteiger partial charge is 0.255 e. The Labute approximate surface area is 188 Å².